The highest BCUT2D eigenvalue weighted by atomic mass is 35.5. The summed E-state index contributed by atoms with van der Waals surface area (Å²) in [5.41, 5.74) is 0. The smallest absolute Gasteiger partial charge is 0.234 e. The van der Waals surface area contributed by atoms with Crippen molar-refractivity contribution in [2.75, 3.05) is 0 Å². The van der Waals surface area contributed by atoms with Gasteiger partial charge in [-0.25, -0.2) is 8.78 Å². The molecule has 0 aromatic carbocycles. The van der Waals surface area contributed by atoms with Crippen molar-refractivity contribution >= 4 is 46.4 Å². The molecule has 0 fully saturated rings. The van der Waals surface area contributed by atoms with Gasteiger partial charge in [0, 0.05) is 0 Å². The van der Waals surface area contributed by atoms with E-state index in [0.717, 1.165) is 0 Å². The lowest BCUT2D eigenvalue weighted by Crippen LogP contribution is -2.63. The molecule has 0 radical (unpaired) electrons. The van der Waals surface area contributed by atoms with E-state index in [9.17, 15) is 43.9 Å². The van der Waals surface area contributed by atoms with Crippen molar-refractivity contribution < 1.29 is 43.9 Å². The van der Waals surface area contributed by atoms with Gasteiger partial charge in [-0.2, -0.15) is 35.1 Å². The van der Waals surface area contributed by atoms with Crippen molar-refractivity contribution in [3.63, 3.8) is 0 Å². The van der Waals surface area contributed by atoms with Crippen LogP contribution in [0.5, 0.6) is 0 Å². The summed E-state index contributed by atoms with van der Waals surface area (Å²) in [7, 11) is 0. The number of alkyl halides is 11. The van der Waals surface area contributed by atoms with E-state index in [4.69, 9.17) is 0 Å². The zero-order valence-electron chi connectivity index (χ0n) is 9.45. The summed E-state index contributed by atoms with van der Waals surface area (Å²) in [4.78, 5) is 0. The summed E-state index contributed by atoms with van der Waals surface area (Å²) in [6, 6.07) is 0. The fourth-order valence-electron chi connectivity index (χ4n) is 1.00. The number of hydrogen-bond acceptors (Lipinski definition) is 0. The van der Waals surface area contributed by atoms with Crippen LogP contribution >= 0.6 is 46.4 Å². The summed E-state index contributed by atoms with van der Waals surface area (Å²) in [6.07, 6.45) is -8.09. The van der Waals surface area contributed by atoms with E-state index in [0.29, 0.717) is 0 Å². The van der Waals surface area contributed by atoms with Crippen molar-refractivity contribution in [1.82, 2.24) is 0 Å². The first kappa shape index (κ1) is 22.2. The first-order valence-corrected chi connectivity index (χ1v) is 6.18. The Morgan fingerprint density at radius 2 is 1.18 bits per heavy atom. The Bertz CT molecular complexity index is 439. The molecular formula is C8H2Cl4F10. The van der Waals surface area contributed by atoms with Gasteiger partial charge >= 0.3 is 17.8 Å². The molecule has 0 aliphatic carbocycles. The van der Waals surface area contributed by atoms with E-state index in [1.54, 1.807) is 0 Å². The monoisotopic (exact) mass is 428 g/mol. The minimum Gasteiger partial charge on any atom is -0.234 e. The van der Waals surface area contributed by atoms with Crippen LogP contribution in [0.1, 0.15) is 0 Å². The molecule has 2 atom stereocenters. The first-order chi connectivity index (χ1) is 9.42. The van der Waals surface area contributed by atoms with Gasteiger partial charge in [0.25, 0.3) is 10.7 Å². The second-order valence-electron chi connectivity index (χ2n) is 3.70. The van der Waals surface area contributed by atoms with Crippen LogP contribution in [-0.4, -0.2) is 33.9 Å². The van der Waals surface area contributed by atoms with Crippen LogP contribution in [0.4, 0.5) is 43.9 Å². The van der Waals surface area contributed by atoms with Crippen LogP contribution in [0.15, 0.2) is 11.1 Å². The molecule has 0 bridgehead atoms. The maximum Gasteiger partial charge on any atom is 0.377 e. The fraction of sp³-hybridized carbons (Fsp3) is 0.750. The van der Waals surface area contributed by atoms with Crippen LogP contribution in [-0.2, 0) is 0 Å². The topological polar surface area (TPSA) is 0 Å². The summed E-state index contributed by atoms with van der Waals surface area (Å²) in [5, 5.41) is -6.72. The summed E-state index contributed by atoms with van der Waals surface area (Å²) < 4.78 is 124. The molecular weight excluding hydrogens is 428 g/mol. The molecule has 0 rings (SSSR count). The molecule has 22 heavy (non-hydrogen) atoms. The zero-order valence-corrected chi connectivity index (χ0v) is 12.5. The molecule has 132 valence electrons. The average Bonchev–Trinajstić information content (AvgIpc) is 2.33. The van der Waals surface area contributed by atoms with E-state index >= 15 is 0 Å². The molecule has 0 aromatic rings. The predicted molar refractivity (Wildman–Crippen MR) is 60.0 cm³/mol. The van der Waals surface area contributed by atoms with Gasteiger partial charge in [-0.05, 0) is 0 Å². The molecule has 0 N–H and O–H groups in total. The normalized spacial score (nSPS) is 17.2. The van der Waals surface area contributed by atoms with Crippen molar-refractivity contribution in [2.24, 2.45) is 0 Å². The van der Waals surface area contributed by atoms with Crippen molar-refractivity contribution in [1.29, 1.82) is 0 Å². The Balaban J connectivity index is 5.95. The van der Waals surface area contributed by atoms with Crippen molar-refractivity contribution in [2.45, 2.75) is 33.9 Å². The Labute approximate surface area is 135 Å². The van der Waals surface area contributed by atoms with E-state index < -0.39 is 45.0 Å². The van der Waals surface area contributed by atoms with Crippen LogP contribution in [0.3, 0.4) is 0 Å². The van der Waals surface area contributed by atoms with Crippen LogP contribution in [0.2, 0.25) is 0 Å². The Kier molecular flexibility index (Phi) is 6.66. The maximum absolute atomic E-state index is 13.2. The second-order valence-corrected chi connectivity index (χ2v) is 5.83. The lowest BCUT2D eigenvalue weighted by Gasteiger charge is -2.37. The van der Waals surface area contributed by atoms with Gasteiger partial charge in [-0.3, -0.25) is 0 Å². The highest BCUT2D eigenvalue weighted by Crippen LogP contribution is 2.55. The van der Waals surface area contributed by atoms with Gasteiger partial charge in [0.05, 0.1) is 0 Å². The summed E-state index contributed by atoms with van der Waals surface area (Å²) in [6.45, 7) is 0. The third-order valence-electron chi connectivity index (χ3n) is 2.16. The van der Waals surface area contributed by atoms with Crippen molar-refractivity contribution in [3.05, 3.63) is 11.1 Å². The second kappa shape index (κ2) is 6.60. The molecule has 0 saturated carbocycles. The Morgan fingerprint density at radius 3 is 1.45 bits per heavy atom. The number of rotatable bonds is 6. The Hall–Kier alpha value is 0.200. The molecule has 2 unspecified atom stereocenters. The molecule has 0 saturated heterocycles. The molecule has 0 nitrogen and oxygen atoms in total. The SMILES string of the molecule is FC(F)=C(Cl)C(F)C(F)(F)C(F)(F)C(F)(F)C(Cl)C(F)(Cl)Cl. The minimum atomic E-state index is -6.78. The Morgan fingerprint density at radius 1 is 0.818 bits per heavy atom. The van der Waals surface area contributed by atoms with E-state index in [-0.39, 0.29) is 0 Å². The predicted octanol–water partition coefficient (Wildman–Crippen LogP) is 6.29. The lowest BCUT2D eigenvalue weighted by molar-refractivity contribution is -0.322. The average molecular weight is 430 g/mol. The molecule has 0 amide bonds. The van der Waals surface area contributed by atoms with Crippen LogP contribution in [0.25, 0.3) is 0 Å². The maximum atomic E-state index is 13.2. The van der Waals surface area contributed by atoms with Gasteiger partial charge in [-0.1, -0.05) is 34.8 Å². The molecule has 0 aliphatic rings. The number of halogens is 14. The number of hydrogen-bond donors (Lipinski definition) is 0. The van der Waals surface area contributed by atoms with Crippen LogP contribution in [0, 0.1) is 0 Å². The highest BCUT2D eigenvalue weighted by molar-refractivity contribution is 6.51. The van der Waals surface area contributed by atoms with E-state index in [1.165, 1.54) is 0 Å². The molecule has 0 spiro atoms. The highest BCUT2D eigenvalue weighted by Gasteiger charge is 2.79. The van der Waals surface area contributed by atoms with Gasteiger partial charge in [0.1, 0.15) is 5.03 Å². The number of allylic oxidation sites excluding steroid dienone is 1. The van der Waals surface area contributed by atoms with E-state index in [2.05, 4.69) is 46.4 Å². The third kappa shape index (κ3) is 3.81. The summed E-state index contributed by atoms with van der Waals surface area (Å²) in [5.74, 6) is -19.5. The quantitative estimate of drug-likeness (QED) is 0.344. The largest absolute Gasteiger partial charge is 0.377 e. The molecule has 14 heteroatoms. The van der Waals surface area contributed by atoms with Gasteiger partial charge in [0.2, 0.25) is 6.17 Å². The molecule has 0 aliphatic heterocycles. The van der Waals surface area contributed by atoms with Gasteiger partial charge in [-0.15, -0.1) is 11.6 Å². The fourth-order valence-corrected chi connectivity index (χ4v) is 1.55. The third-order valence-corrected chi connectivity index (χ3v) is 3.73. The zero-order chi connectivity index (χ0) is 18.3. The van der Waals surface area contributed by atoms with E-state index in [1.807, 2.05) is 0 Å². The minimum absolute atomic E-state index is 2.74. The molecule has 0 heterocycles. The molecule has 0 aromatic heterocycles. The van der Waals surface area contributed by atoms with Crippen LogP contribution < -0.4 is 0 Å². The van der Waals surface area contributed by atoms with Crippen molar-refractivity contribution in [3.8, 4) is 0 Å². The first-order valence-electron chi connectivity index (χ1n) is 4.61. The van der Waals surface area contributed by atoms with Gasteiger partial charge < -0.3 is 0 Å². The summed E-state index contributed by atoms with van der Waals surface area (Å²) >= 11 is 17.5. The standard InChI is InChI=1S/C8H2Cl4F10/c9-1(3(14)15)2(13)5(16,17)8(21,22)6(18,19)4(10)7(11,12)20/h2,4H. The lowest BCUT2D eigenvalue weighted by atomic mass is 9.97. The van der Waals surface area contributed by atoms with Gasteiger partial charge in [0.15, 0.2) is 5.38 Å².